The highest BCUT2D eigenvalue weighted by Gasteiger charge is 2.34. The lowest BCUT2D eigenvalue weighted by Gasteiger charge is -2.36. The zero-order chi connectivity index (χ0) is 14.4. The van der Waals surface area contributed by atoms with Crippen molar-refractivity contribution in [1.29, 1.82) is 0 Å². The average Bonchev–Trinajstić information content (AvgIpc) is 2.47. The molecular weight excluding hydrogens is 250 g/mol. The van der Waals surface area contributed by atoms with Gasteiger partial charge in [0.1, 0.15) is 5.60 Å². The lowest BCUT2D eigenvalue weighted by Crippen LogP contribution is -2.42. The van der Waals surface area contributed by atoms with Crippen LogP contribution in [0.2, 0.25) is 0 Å². The molecule has 2 rings (SSSR count). The zero-order valence-corrected chi connectivity index (χ0v) is 13.2. The molecule has 1 saturated carbocycles. The van der Waals surface area contributed by atoms with E-state index in [-0.39, 0.29) is 11.6 Å². The standard InChI is InChI=1S/C17H31NO2/c1-17(2,15-10-12-18-13-11-15)20-16(19)9-8-14-6-4-3-5-7-14/h14-15,18H,3-13H2,1-2H3. The van der Waals surface area contributed by atoms with Crippen LogP contribution in [0.1, 0.15) is 71.6 Å². The molecule has 0 amide bonds. The topological polar surface area (TPSA) is 38.3 Å². The van der Waals surface area contributed by atoms with E-state index in [1.807, 2.05) is 0 Å². The van der Waals surface area contributed by atoms with E-state index in [1.54, 1.807) is 0 Å². The Morgan fingerprint density at radius 3 is 2.40 bits per heavy atom. The Kier molecular flexibility index (Phi) is 5.88. The Labute approximate surface area is 123 Å². The molecule has 116 valence electrons. The molecule has 1 aliphatic heterocycles. The van der Waals surface area contributed by atoms with Crippen LogP contribution in [-0.4, -0.2) is 24.7 Å². The molecule has 0 radical (unpaired) electrons. The van der Waals surface area contributed by atoms with E-state index in [1.165, 1.54) is 32.1 Å². The summed E-state index contributed by atoms with van der Waals surface area (Å²) in [6.07, 6.45) is 10.6. The second-order valence-corrected chi connectivity index (χ2v) is 7.14. The average molecular weight is 281 g/mol. The molecule has 3 nitrogen and oxygen atoms in total. The molecule has 2 aliphatic rings. The highest BCUT2D eigenvalue weighted by molar-refractivity contribution is 5.69. The number of hydrogen-bond acceptors (Lipinski definition) is 3. The maximum Gasteiger partial charge on any atom is 0.306 e. The first kappa shape index (κ1) is 15.8. The summed E-state index contributed by atoms with van der Waals surface area (Å²) in [5.74, 6) is 1.28. The second-order valence-electron chi connectivity index (χ2n) is 7.14. The molecule has 20 heavy (non-hydrogen) atoms. The minimum absolute atomic E-state index is 0.0131. The van der Waals surface area contributed by atoms with Gasteiger partial charge >= 0.3 is 5.97 Å². The van der Waals surface area contributed by atoms with Gasteiger partial charge in [-0.05, 0) is 52.1 Å². The largest absolute Gasteiger partial charge is 0.459 e. The van der Waals surface area contributed by atoms with Gasteiger partial charge in [-0.3, -0.25) is 4.79 Å². The van der Waals surface area contributed by atoms with Gasteiger partial charge in [-0.2, -0.15) is 0 Å². The molecule has 1 saturated heterocycles. The molecule has 2 fully saturated rings. The lowest BCUT2D eigenvalue weighted by molar-refractivity contribution is -0.163. The summed E-state index contributed by atoms with van der Waals surface area (Å²) in [5.41, 5.74) is -0.300. The molecule has 0 unspecified atom stereocenters. The normalized spacial score (nSPS) is 22.7. The summed E-state index contributed by atoms with van der Waals surface area (Å²) in [5, 5.41) is 3.37. The van der Waals surface area contributed by atoms with E-state index >= 15 is 0 Å². The van der Waals surface area contributed by atoms with Crippen LogP contribution < -0.4 is 5.32 Å². The van der Waals surface area contributed by atoms with Gasteiger partial charge in [0.2, 0.25) is 0 Å². The Hall–Kier alpha value is -0.570. The Morgan fingerprint density at radius 2 is 1.75 bits per heavy atom. The van der Waals surface area contributed by atoms with Crippen molar-refractivity contribution in [2.75, 3.05) is 13.1 Å². The number of carbonyl (C=O) groups is 1. The van der Waals surface area contributed by atoms with E-state index < -0.39 is 0 Å². The van der Waals surface area contributed by atoms with E-state index in [2.05, 4.69) is 19.2 Å². The Bertz CT molecular complexity index is 302. The third-order valence-corrected chi connectivity index (χ3v) is 5.18. The van der Waals surface area contributed by atoms with Crippen molar-refractivity contribution in [2.24, 2.45) is 11.8 Å². The second kappa shape index (κ2) is 7.44. The van der Waals surface area contributed by atoms with E-state index in [4.69, 9.17) is 4.74 Å². The van der Waals surface area contributed by atoms with E-state index in [0.717, 1.165) is 38.3 Å². The summed E-state index contributed by atoms with van der Waals surface area (Å²) in [4.78, 5) is 12.1. The van der Waals surface area contributed by atoms with E-state index in [9.17, 15) is 4.79 Å². The summed E-state index contributed by atoms with van der Waals surface area (Å²) in [7, 11) is 0. The predicted molar refractivity (Wildman–Crippen MR) is 81.6 cm³/mol. The Morgan fingerprint density at radius 1 is 1.10 bits per heavy atom. The molecule has 0 spiro atoms. The van der Waals surface area contributed by atoms with Crippen LogP contribution in [-0.2, 0) is 9.53 Å². The van der Waals surface area contributed by atoms with Gasteiger partial charge in [-0.25, -0.2) is 0 Å². The molecule has 3 heteroatoms. The monoisotopic (exact) mass is 281 g/mol. The van der Waals surface area contributed by atoms with Crippen LogP contribution in [0.5, 0.6) is 0 Å². The lowest BCUT2D eigenvalue weighted by atomic mass is 9.83. The first-order chi connectivity index (χ1) is 9.58. The number of ether oxygens (including phenoxy) is 1. The summed E-state index contributed by atoms with van der Waals surface area (Å²) < 4.78 is 5.80. The highest BCUT2D eigenvalue weighted by atomic mass is 16.6. The maximum absolute atomic E-state index is 12.1. The Balaban J connectivity index is 1.71. The van der Waals surface area contributed by atoms with Gasteiger partial charge in [-0.15, -0.1) is 0 Å². The molecule has 0 aromatic heterocycles. The summed E-state index contributed by atoms with van der Waals surface area (Å²) >= 11 is 0. The number of hydrogen-bond donors (Lipinski definition) is 1. The number of piperidine rings is 1. The molecule has 0 aromatic carbocycles. The van der Waals surface area contributed by atoms with Gasteiger partial charge in [0, 0.05) is 12.3 Å². The van der Waals surface area contributed by atoms with Crippen LogP contribution in [0, 0.1) is 11.8 Å². The predicted octanol–water partition coefficient (Wildman–Crippen LogP) is 3.67. The first-order valence-corrected chi connectivity index (χ1v) is 8.50. The molecule has 0 aromatic rings. The zero-order valence-electron chi connectivity index (χ0n) is 13.2. The molecule has 1 heterocycles. The number of nitrogens with one attached hydrogen (secondary N) is 1. The van der Waals surface area contributed by atoms with Gasteiger partial charge in [0.15, 0.2) is 0 Å². The third kappa shape index (κ3) is 4.76. The van der Waals surface area contributed by atoms with Crippen LogP contribution in [0.3, 0.4) is 0 Å². The summed E-state index contributed by atoms with van der Waals surface area (Å²) in [6.45, 7) is 6.27. The number of carbonyl (C=O) groups excluding carboxylic acids is 1. The van der Waals surface area contributed by atoms with Crippen LogP contribution >= 0.6 is 0 Å². The fourth-order valence-corrected chi connectivity index (χ4v) is 3.74. The van der Waals surface area contributed by atoms with Gasteiger partial charge in [0.25, 0.3) is 0 Å². The van der Waals surface area contributed by atoms with Gasteiger partial charge in [0.05, 0.1) is 0 Å². The van der Waals surface area contributed by atoms with Crippen LogP contribution in [0.25, 0.3) is 0 Å². The van der Waals surface area contributed by atoms with Crippen molar-refractivity contribution in [2.45, 2.75) is 77.2 Å². The van der Waals surface area contributed by atoms with Gasteiger partial charge in [-0.1, -0.05) is 32.1 Å². The maximum atomic E-state index is 12.1. The van der Waals surface area contributed by atoms with Crippen molar-refractivity contribution < 1.29 is 9.53 Å². The van der Waals surface area contributed by atoms with Crippen LogP contribution in [0.15, 0.2) is 0 Å². The molecule has 1 N–H and O–H groups in total. The fraction of sp³-hybridized carbons (Fsp3) is 0.941. The van der Waals surface area contributed by atoms with Crippen molar-refractivity contribution in [1.82, 2.24) is 5.32 Å². The quantitative estimate of drug-likeness (QED) is 0.781. The molecule has 1 aliphatic carbocycles. The number of rotatable bonds is 5. The summed E-state index contributed by atoms with van der Waals surface area (Å²) in [6, 6.07) is 0. The minimum Gasteiger partial charge on any atom is -0.459 e. The van der Waals surface area contributed by atoms with Crippen molar-refractivity contribution >= 4 is 5.97 Å². The fourth-order valence-electron chi connectivity index (χ4n) is 3.74. The number of esters is 1. The van der Waals surface area contributed by atoms with Crippen LogP contribution in [0.4, 0.5) is 0 Å². The molecule has 0 atom stereocenters. The van der Waals surface area contributed by atoms with Crippen molar-refractivity contribution in [3.05, 3.63) is 0 Å². The first-order valence-electron chi connectivity index (χ1n) is 8.50. The minimum atomic E-state index is -0.300. The molecular formula is C17H31NO2. The highest BCUT2D eigenvalue weighted by Crippen LogP contribution is 2.31. The van der Waals surface area contributed by atoms with E-state index in [0.29, 0.717) is 12.3 Å². The molecule has 0 bridgehead atoms. The van der Waals surface area contributed by atoms with Crippen molar-refractivity contribution in [3.8, 4) is 0 Å². The van der Waals surface area contributed by atoms with Gasteiger partial charge < -0.3 is 10.1 Å². The SMILES string of the molecule is CC(C)(OC(=O)CCC1CCCCC1)C1CCNCC1. The smallest absolute Gasteiger partial charge is 0.306 e. The third-order valence-electron chi connectivity index (χ3n) is 5.18. The van der Waals surface area contributed by atoms with Crippen molar-refractivity contribution in [3.63, 3.8) is 0 Å².